The lowest BCUT2D eigenvalue weighted by atomic mass is 9.81. The van der Waals surface area contributed by atoms with Crippen molar-refractivity contribution in [2.24, 2.45) is 11.8 Å². The van der Waals surface area contributed by atoms with Gasteiger partial charge in [-0.1, -0.05) is 6.07 Å². The SMILES string of the molecule is COc1ncccc1CN1CC[C@H]2CC(=O)Nc3cc(F)ccc3OCC[C@H]2C1. The minimum atomic E-state index is -0.387. The van der Waals surface area contributed by atoms with Gasteiger partial charge in [-0.3, -0.25) is 9.69 Å². The Labute approximate surface area is 170 Å². The quantitative estimate of drug-likeness (QED) is 0.856. The van der Waals surface area contributed by atoms with Crippen LogP contribution >= 0.6 is 0 Å². The molecule has 3 heterocycles. The molecule has 0 bridgehead atoms. The van der Waals surface area contributed by atoms with Gasteiger partial charge in [0.1, 0.15) is 11.6 Å². The van der Waals surface area contributed by atoms with Gasteiger partial charge in [-0.25, -0.2) is 9.37 Å². The van der Waals surface area contributed by atoms with E-state index < -0.39 is 0 Å². The van der Waals surface area contributed by atoms with Crippen molar-refractivity contribution in [2.75, 3.05) is 32.1 Å². The number of fused-ring (bicyclic) bond motifs is 2. The predicted molar refractivity (Wildman–Crippen MR) is 107 cm³/mol. The minimum absolute atomic E-state index is 0.0836. The number of benzene rings is 1. The first kappa shape index (κ1) is 19.6. The molecule has 4 rings (SSSR count). The summed E-state index contributed by atoms with van der Waals surface area (Å²) in [4.78, 5) is 19.2. The second-order valence-electron chi connectivity index (χ2n) is 7.75. The molecular weight excluding hydrogens is 373 g/mol. The zero-order valence-corrected chi connectivity index (χ0v) is 16.6. The van der Waals surface area contributed by atoms with Crippen LogP contribution in [-0.2, 0) is 11.3 Å². The molecule has 0 spiro atoms. The number of rotatable bonds is 3. The van der Waals surface area contributed by atoms with Crippen LogP contribution in [0.1, 0.15) is 24.8 Å². The van der Waals surface area contributed by atoms with Crippen molar-refractivity contribution in [3.8, 4) is 11.6 Å². The fourth-order valence-electron chi connectivity index (χ4n) is 4.35. The van der Waals surface area contributed by atoms with Crippen LogP contribution in [0, 0.1) is 17.7 Å². The molecule has 7 heteroatoms. The van der Waals surface area contributed by atoms with E-state index in [1.165, 1.54) is 12.1 Å². The Morgan fingerprint density at radius 1 is 1.31 bits per heavy atom. The van der Waals surface area contributed by atoms with E-state index in [0.29, 0.717) is 42.2 Å². The van der Waals surface area contributed by atoms with Gasteiger partial charge in [-0.2, -0.15) is 0 Å². The number of hydrogen-bond donors (Lipinski definition) is 1. The average Bonchev–Trinajstić information content (AvgIpc) is 2.71. The second-order valence-corrected chi connectivity index (χ2v) is 7.75. The number of hydrogen-bond acceptors (Lipinski definition) is 5. The van der Waals surface area contributed by atoms with Gasteiger partial charge in [-0.05, 0) is 49.4 Å². The Morgan fingerprint density at radius 2 is 2.21 bits per heavy atom. The highest BCUT2D eigenvalue weighted by molar-refractivity contribution is 5.92. The Morgan fingerprint density at radius 3 is 3.07 bits per heavy atom. The fourth-order valence-corrected chi connectivity index (χ4v) is 4.35. The van der Waals surface area contributed by atoms with Gasteiger partial charge in [0.05, 0.1) is 19.4 Å². The van der Waals surface area contributed by atoms with Gasteiger partial charge in [0.25, 0.3) is 0 Å². The van der Waals surface area contributed by atoms with Crippen LogP contribution in [0.2, 0.25) is 0 Å². The molecule has 154 valence electrons. The third-order valence-corrected chi connectivity index (χ3v) is 5.82. The molecule has 0 aliphatic carbocycles. The number of nitrogens with one attached hydrogen (secondary N) is 1. The van der Waals surface area contributed by atoms with Crippen LogP contribution in [0.25, 0.3) is 0 Å². The number of methoxy groups -OCH3 is 1. The Hall–Kier alpha value is -2.67. The third kappa shape index (κ3) is 4.67. The molecule has 1 saturated heterocycles. The maximum Gasteiger partial charge on any atom is 0.224 e. The number of carbonyl (C=O) groups excluding carboxylic acids is 1. The lowest BCUT2D eigenvalue weighted by Gasteiger charge is -2.39. The number of carbonyl (C=O) groups is 1. The molecule has 1 N–H and O–H groups in total. The van der Waals surface area contributed by atoms with Crippen molar-refractivity contribution in [3.63, 3.8) is 0 Å². The molecule has 1 aromatic carbocycles. The summed E-state index contributed by atoms with van der Waals surface area (Å²) in [6.07, 6.45) is 3.98. The highest BCUT2D eigenvalue weighted by Gasteiger charge is 2.32. The molecule has 6 nitrogen and oxygen atoms in total. The number of piperidine rings is 1. The van der Waals surface area contributed by atoms with Crippen molar-refractivity contribution in [2.45, 2.75) is 25.8 Å². The fraction of sp³-hybridized carbons (Fsp3) is 0.455. The molecule has 0 saturated carbocycles. The van der Waals surface area contributed by atoms with E-state index in [-0.39, 0.29) is 11.7 Å². The average molecular weight is 399 g/mol. The monoisotopic (exact) mass is 399 g/mol. The molecule has 29 heavy (non-hydrogen) atoms. The van der Waals surface area contributed by atoms with E-state index in [2.05, 4.69) is 15.2 Å². The van der Waals surface area contributed by atoms with Gasteiger partial charge in [0.15, 0.2) is 0 Å². The van der Waals surface area contributed by atoms with Gasteiger partial charge >= 0.3 is 0 Å². The summed E-state index contributed by atoms with van der Waals surface area (Å²) in [5.41, 5.74) is 1.48. The van der Waals surface area contributed by atoms with Crippen molar-refractivity contribution in [1.82, 2.24) is 9.88 Å². The van der Waals surface area contributed by atoms with Gasteiger partial charge in [0, 0.05) is 37.3 Å². The van der Waals surface area contributed by atoms with Crippen LogP contribution in [0.5, 0.6) is 11.6 Å². The first-order valence-corrected chi connectivity index (χ1v) is 10.0. The van der Waals surface area contributed by atoms with E-state index in [4.69, 9.17) is 9.47 Å². The Balaban J connectivity index is 1.46. The maximum absolute atomic E-state index is 13.6. The van der Waals surface area contributed by atoms with Crippen molar-refractivity contribution in [3.05, 3.63) is 47.9 Å². The molecule has 0 unspecified atom stereocenters. The van der Waals surface area contributed by atoms with Crippen LogP contribution in [0.3, 0.4) is 0 Å². The minimum Gasteiger partial charge on any atom is -0.491 e. The highest BCUT2D eigenvalue weighted by atomic mass is 19.1. The van der Waals surface area contributed by atoms with Crippen LogP contribution in [0.15, 0.2) is 36.5 Å². The van der Waals surface area contributed by atoms with Crippen LogP contribution < -0.4 is 14.8 Å². The molecular formula is C22H26FN3O3. The summed E-state index contributed by atoms with van der Waals surface area (Å²) >= 11 is 0. The Kier molecular flexibility index (Phi) is 5.94. The zero-order valence-electron chi connectivity index (χ0n) is 16.6. The molecule has 2 aliphatic rings. The highest BCUT2D eigenvalue weighted by Crippen LogP contribution is 2.34. The van der Waals surface area contributed by atoms with Crippen LogP contribution in [-0.4, -0.2) is 42.6 Å². The summed E-state index contributed by atoms with van der Waals surface area (Å²) in [5.74, 6) is 1.36. The lowest BCUT2D eigenvalue weighted by Crippen LogP contribution is -2.42. The molecule has 1 fully saturated rings. The largest absolute Gasteiger partial charge is 0.491 e. The summed E-state index contributed by atoms with van der Waals surface area (Å²) < 4.78 is 24.8. The molecule has 2 atom stereocenters. The maximum atomic E-state index is 13.6. The standard InChI is InChI=1S/C22H26FN3O3/c1-28-22-17(3-2-8-24-22)14-26-9-6-15-11-21(27)25-19-12-18(23)4-5-20(19)29-10-7-16(15)13-26/h2-5,8,12,15-16H,6-7,9-11,13-14H2,1H3,(H,25,27)/t15-,16-/m0/s1. The lowest BCUT2D eigenvalue weighted by molar-refractivity contribution is -0.118. The summed E-state index contributed by atoms with van der Waals surface area (Å²) in [7, 11) is 1.64. The number of aromatic nitrogens is 1. The first-order chi connectivity index (χ1) is 14.1. The van der Waals surface area contributed by atoms with Gasteiger partial charge < -0.3 is 14.8 Å². The summed E-state index contributed by atoms with van der Waals surface area (Å²) in [6.45, 7) is 3.13. The number of likely N-dealkylation sites (tertiary alicyclic amines) is 1. The molecule has 0 radical (unpaired) electrons. The molecule has 2 aromatic rings. The third-order valence-electron chi connectivity index (χ3n) is 5.82. The molecule has 1 amide bonds. The number of halogens is 1. The van der Waals surface area contributed by atoms with E-state index in [0.717, 1.165) is 38.0 Å². The number of amides is 1. The van der Waals surface area contributed by atoms with E-state index in [1.807, 2.05) is 12.1 Å². The van der Waals surface area contributed by atoms with E-state index in [9.17, 15) is 9.18 Å². The number of nitrogens with zero attached hydrogens (tertiary/aromatic N) is 2. The van der Waals surface area contributed by atoms with Gasteiger partial charge in [-0.15, -0.1) is 0 Å². The normalized spacial score (nSPS) is 22.6. The molecule has 1 aromatic heterocycles. The smallest absolute Gasteiger partial charge is 0.224 e. The van der Waals surface area contributed by atoms with E-state index >= 15 is 0 Å². The Bertz CT molecular complexity index is 876. The second kappa shape index (κ2) is 8.78. The van der Waals surface area contributed by atoms with Crippen molar-refractivity contribution in [1.29, 1.82) is 0 Å². The molecule has 2 aliphatic heterocycles. The number of pyridine rings is 1. The van der Waals surface area contributed by atoms with Crippen LogP contribution in [0.4, 0.5) is 10.1 Å². The first-order valence-electron chi connectivity index (χ1n) is 10.0. The van der Waals surface area contributed by atoms with Crippen molar-refractivity contribution < 1.29 is 18.7 Å². The predicted octanol–water partition coefficient (Wildman–Crippen LogP) is 3.48. The van der Waals surface area contributed by atoms with Gasteiger partial charge in [0.2, 0.25) is 11.8 Å². The number of ether oxygens (including phenoxy) is 2. The van der Waals surface area contributed by atoms with Crippen molar-refractivity contribution >= 4 is 11.6 Å². The topological polar surface area (TPSA) is 63.7 Å². The summed E-state index contributed by atoms with van der Waals surface area (Å²) in [5, 5.41) is 2.83. The number of anilines is 1. The van der Waals surface area contributed by atoms with E-state index in [1.54, 1.807) is 19.4 Å². The zero-order chi connectivity index (χ0) is 20.2. The summed E-state index contributed by atoms with van der Waals surface area (Å²) in [6, 6.07) is 8.20.